The summed E-state index contributed by atoms with van der Waals surface area (Å²) in [5.74, 6) is 1.13. The molecule has 1 N–H and O–H groups in total. The van der Waals surface area contributed by atoms with Crippen LogP contribution in [0.1, 0.15) is 30.0 Å². The zero-order chi connectivity index (χ0) is 22.5. The summed E-state index contributed by atoms with van der Waals surface area (Å²) in [6.45, 7) is 1.26. The van der Waals surface area contributed by atoms with Gasteiger partial charge in [-0.25, -0.2) is 14.4 Å². The number of nitrogens with zero attached hydrogens (tertiary/aromatic N) is 4. The van der Waals surface area contributed by atoms with Crippen molar-refractivity contribution in [3.63, 3.8) is 0 Å². The van der Waals surface area contributed by atoms with Gasteiger partial charge < -0.3 is 15.0 Å². The minimum Gasteiger partial charge on any atom is -0.494 e. The van der Waals surface area contributed by atoms with Gasteiger partial charge in [-0.3, -0.25) is 9.78 Å². The van der Waals surface area contributed by atoms with E-state index in [1.165, 1.54) is 13.2 Å². The molecule has 2 aromatic heterocycles. The third-order valence-corrected chi connectivity index (χ3v) is 5.69. The molecule has 1 amide bonds. The van der Waals surface area contributed by atoms with Gasteiger partial charge in [0.05, 0.1) is 19.2 Å². The fraction of sp³-hybridized carbons (Fsp3) is 0.333. The smallest absolute Gasteiger partial charge is 0.227 e. The number of amides is 1. The zero-order valence-electron chi connectivity index (χ0n) is 18.2. The summed E-state index contributed by atoms with van der Waals surface area (Å²) in [5.41, 5.74) is 2.38. The Bertz CT molecular complexity index is 1090. The van der Waals surface area contributed by atoms with E-state index in [0.29, 0.717) is 24.5 Å². The van der Waals surface area contributed by atoms with E-state index in [1.54, 1.807) is 24.5 Å². The maximum atomic E-state index is 14.0. The van der Waals surface area contributed by atoms with E-state index < -0.39 is 5.82 Å². The van der Waals surface area contributed by atoms with Crippen molar-refractivity contribution in [1.82, 2.24) is 19.9 Å². The van der Waals surface area contributed by atoms with E-state index in [1.807, 2.05) is 30.1 Å². The first-order valence-electron chi connectivity index (χ1n) is 10.6. The standard InChI is InChI=1S/C24H26FN5O2/c1-26-22-13-20(28-24(29-22)17-5-3-9-27-14-17)18-6-4-10-30(15-18)23(31)12-16-7-8-21(32-2)19(25)11-16/h3,5,7-9,11,13-14,18H,4,6,10,12,15H2,1-2H3,(H,26,28,29). The highest BCUT2D eigenvalue weighted by Gasteiger charge is 2.26. The molecule has 1 atom stereocenters. The van der Waals surface area contributed by atoms with Crippen LogP contribution in [-0.2, 0) is 11.2 Å². The van der Waals surface area contributed by atoms with Gasteiger partial charge in [-0.2, -0.15) is 0 Å². The number of hydrogen-bond acceptors (Lipinski definition) is 6. The zero-order valence-corrected chi connectivity index (χ0v) is 18.2. The molecule has 0 saturated carbocycles. The summed E-state index contributed by atoms with van der Waals surface area (Å²) < 4.78 is 19.0. The largest absolute Gasteiger partial charge is 0.494 e. The lowest BCUT2D eigenvalue weighted by Crippen LogP contribution is -2.40. The summed E-state index contributed by atoms with van der Waals surface area (Å²) >= 11 is 0. The molecular formula is C24H26FN5O2. The molecule has 1 aliphatic heterocycles. The summed E-state index contributed by atoms with van der Waals surface area (Å²) in [6.07, 6.45) is 5.43. The number of likely N-dealkylation sites (tertiary alicyclic amines) is 1. The van der Waals surface area contributed by atoms with Gasteiger partial charge in [-0.1, -0.05) is 6.07 Å². The predicted molar refractivity (Wildman–Crippen MR) is 120 cm³/mol. The lowest BCUT2D eigenvalue weighted by molar-refractivity contribution is -0.131. The molecule has 1 unspecified atom stereocenters. The average molecular weight is 436 g/mol. The van der Waals surface area contributed by atoms with Crippen molar-refractivity contribution in [2.75, 3.05) is 32.6 Å². The van der Waals surface area contributed by atoms with E-state index in [0.717, 1.165) is 29.9 Å². The molecule has 1 aliphatic rings. The second-order valence-electron chi connectivity index (χ2n) is 7.82. The van der Waals surface area contributed by atoms with Crippen LogP contribution in [0.5, 0.6) is 5.75 Å². The molecule has 7 nitrogen and oxygen atoms in total. The number of hydrogen-bond donors (Lipinski definition) is 1. The second-order valence-corrected chi connectivity index (χ2v) is 7.82. The van der Waals surface area contributed by atoms with Crippen LogP contribution in [0.25, 0.3) is 11.4 Å². The van der Waals surface area contributed by atoms with Crippen molar-refractivity contribution >= 4 is 11.7 Å². The lowest BCUT2D eigenvalue weighted by Gasteiger charge is -2.33. The van der Waals surface area contributed by atoms with Gasteiger partial charge in [-0.15, -0.1) is 0 Å². The predicted octanol–water partition coefficient (Wildman–Crippen LogP) is 3.68. The van der Waals surface area contributed by atoms with Crippen molar-refractivity contribution < 1.29 is 13.9 Å². The molecule has 166 valence electrons. The van der Waals surface area contributed by atoms with Gasteiger partial charge >= 0.3 is 0 Å². The Balaban J connectivity index is 1.51. The monoisotopic (exact) mass is 435 g/mol. The number of carbonyl (C=O) groups excluding carboxylic acids is 1. The summed E-state index contributed by atoms with van der Waals surface area (Å²) in [7, 11) is 3.24. The van der Waals surface area contributed by atoms with Gasteiger partial charge in [0, 0.05) is 50.1 Å². The third kappa shape index (κ3) is 4.85. The Kier molecular flexibility index (Phi) is 6.58. The van der Waals surface area contributed by atoms with E-state index in [9.17, 15) is 9.18 Å². The molecule has 3 heterocycles. The molecular weight excluding hydrogens is 409 g/mol. The van der Waals surface area contributed by atoms with Crippen LogP contribution in [0.4, 0.5) is 10.2 Å². The Morgan fingerprint density at radius 1 is 1.28 bits per heavy atom. The fourth-order valence-corrected chi connectivity index (χ4v) is 3.98. The van der Waals surface area contributed by atoms with Gasteiger partial charge in [0.1, 0.15) is 5.82 Å². The van der Waals surface area contributed by atoms with Crippen LogP contribution in [0.15, 0.2) is 48.8 Å². The molecule has 1 fully saturated rings. The Morgan fingerprint density at radius 2 is 2.16 bits per heavy atom. The molecule has 0 aliphatic carbocycles. The van der Waals surface area contributed by atoms with E-state index in [-0.39, 0.29) is 24.0 Å². The normalized spacial score (nSPS) is 16.0. The Hall–Kier alpha value is -3.55. The number of nitrogens with one attached hydrogen (secondary N) is 1. The Morgan fingerprint density at radius 3 is 2.88 bits per heavy atom. The molecule has 1 saturated heterocycles. The number of methoxy groups -OCH3 is 1. The van der Waals surface area contributed by atoms with E-state index >= 15 is 0 Å². The SMILES string of the molecule is CNc1cc(C2CCCN(C(=O)Cc3ccc(OC)c(F)c3)C2)nc(-c2cccnc2)n1. The summed E-state index contributed by atoms with van der Waals surface area (Å²) in [5, 5.41) is 3.10. The summed E-state index contributed by atoms with van der Waals surface area (Å²) in [6, 6.07) is 10.4. The van der Waals surface area contributed by atoms with Gasteiger partial charge in [0.2, 0.25) is 5.91 Å². The maximum absolute atomic E-state index is 14.0. The van der Waals surface area contributed by atoms with Crippen LogP contribution in [0.2, 0.25) is 0 Å². The molecule has 4 rings (SSSR count). The van der Waals surface area contributed by atoms with Crippen LogP contribution in [0, 0.1) is 5.82 Å². The van der Waals surface area contributed by atoms with Crippen molar-refractivity contribution in [3.05, 3.63) is 65.9 Å². The summed E-state index contributed by atoms with van der Waals surface area (Å²) in [4.78, 5) is 28.3. The minimum atomic E-state index is -0.460. The number of anilines is 1. The van der Waals surface area contributed by atoms with Crippen molar-refractivity contribution in [3.8, 4) is 17.1 Å². The third-order valence-electron chi connectivity index (χ3n) is 5.69. The van der Waals surface area contributed by atoms with Crippen LogP contribution in [-0.4, -0.2) is 53.0 Å². The highest BCUT2D eigenvalue weighted by atomic mass is 19.1. The highest BCUT2D eigenvalue weighted by Crippen LogP contribution is 2.29. The number of pyridine rings is 1. The first kappa shape index (κ1) is 21.7. The molecule has 8 heteroatoms. The van der Waals surface area contributed by atoms with Crippen molar-refractivity contribution in [1.29, 1.82) is 0 Å². The van der Waals surface area contributed by atoms with Crippen molar-refractivity contribution in [2.24, 2.45) is 0 Å². The topological polar surface area (TPSA) is 80.2 Å². The molecule has 0 radical (unpaired) electrons. The van der Waals surface area contributed by atoms with Gasteiger partial charge in [-0.05, 0) is 42.7 Å². The number of halogens is 1. The van der Waals surface area contributed by atoms with Crippen LogP contribution >= 0.6 is 0 Å². The molecule has 3 aromatic rings. The molecule has 0 spiro atoms. The first-order valence-corrected chi connectivity index (χ1v) is 10.6. The van der Waals surface area contributed by atoms with Crippen LogP contribution in [0.3, 0.4) is 0 Å². The minimum absolute atomic E-state index is 0.0188. The van der Waals surface area contributed by atoms with E-state index in [2.05, 4.69) is 15.3 Å². The lowest BCUT2D eigenvalue weighted by atomic mass is 9.93. The van der Waals surface area contributed by atoms with Crippen LogP contribution < -0.4 is 10.1 Å². The average Bonchev–Trinajstić information content (AvgIpc) is 2.84. The number of benzene rings is 1. The Labute approximate surface area is 186 Å². The molecule has 32 heavy (non-hydrogen) atoms. The quantitative estimate of drug-likeness (QED) is 0.636. The van der Waals surface area contributed by atoms with Gasteiger partial charge in [0.25, 0.3) is 0 Å². The molecule has 0 bridgehead atoms. The highest BCUT2D eigenvalue weighted by molar-refractivity contribution is 5.79. The number of rotatable bonds is 6. The fourth-order valence-electron chi connectivity index (χ4n) is 3.98. The van der Waals surface area contributed by atoms with Gasteiger partial charge in [0.15, 0.2) is 17.4 Å². The number of piperidine rings is 1. The van der Waals surface area contributed by atoms with E-state index in [4.69, 9.17) is 9.72 Å². The second kappa shape index (κ2) is 9.72. The number of carbonyl (C=O) groups is 1. The number of aromatic nitrogens is 3. The number of ether oxygens (including phenoxy) is 1. The van der Waals surface area contributed by atoms with Crippen molar-refractivity contribution in [2.45, 2.75) is 25.2 Å². The molecule has 1 aromatic carbocycles. The maximum Gasteiger partial charge on any atom is 0.227 e. The first-order chi connectivity index (χ1) is 15.6.